The van der Waals surface area contributed by atoms with Gasteiger partial charge in [0.1, 0.15) is 5.76 Å². The molecule has 2 aromatic rings. The lowest BCUT2D eigenvalue weighted by atomic mass is 10.4. The minimum atomic E-state index is 0.694. The Morgan fingerprint density at radius 3 is 3.15 bits per heavy atom. The fourth-order valence-electron chi connectivity index (χ4n) is 1.01. The molecule has 0 saturated carbocycles. The van der Waals surface area contributed by atoms with Gasteiger partial charge in [0.15, 0.2) is 5.13 Å². The summed E-state index contributed by atoms with van der Waals surface area (Å²) in [6, 6.07) is 3.82. The molecule has 0 aromatic carbocycles. The van der Waals surface area contributed by atoms with E-state index in [4.69, 9.17) is 4.42 Å². The molecule has 0 unspecified atom stereocenters. The molecule has 2 heterocycles. The van der Waals surface area contributed by atoms with Crippen LogP contribution in [0.15, 0.2) is 28.2 Å². The molecular weight excluding hydrogens is 184 g/mol. The molecule has 2 rings (SSSR count). The van der Waals surface area contributed by atoms with Crippen LogP contribution in [0.4, 0.5) is 5.13 Å². The van der Waals surface area contributed by atoms with Crippen LogP contribution in [-0.4, -0.2) is 4.98 Å². The zero-order valence-electron chi connectivity index (χ0n) is 7.28. The van der Waals surface area contributed by atoms with Crippen LogP contribution in [0.1, 0.15) is 11.5 Å². The Balaban J connectivity index is 1.93. The van der Waals surface area contributed by atoms with E-state index < -0.39 is 0 Å². The van der Waals surface area contributed by atoms with Crippen LogP contribution in [0.25, 0.3) is 0 Å². The number of nitrogens with zero attached hydrogens (tertiary/aromatic N) is 1. The minimum Gasteiger partial charge on any atom is -0.467 e. The van der Waals surface area contributed by atoms with Crippen molar-refractivity contribution in [2.24, 2.45) is 0 Å². The van der Waals surface area contributed by atoms with Gasteiger partial charge >= 0.3 is 0 Å². The van der Waals surface area contributed by atoms with Crippen LogP contribution in [0, 0.1) is 6.92 Å². The summed E-state index contributed by atoms with van der Waals surface area (Å²) in [5.74, 6) is 0.924. The Morgan fingerprint density at radius 1 is 1.62 bits per heavy atom. The number of nitrogens with one attached hydrogen (secondary N) is 1. The molecule has 0 aliphatic carbocycles. The number of anilines is 1. The third-order valence-electron chi connectivity index (χ3n) is 1.61. The van der Waals surface area contributed by atoms with Gasteiger partial charge in [0.05, 0.1) is 18.5 Å². The Bertz CT molecular complexity index is 367. The lowest BCUT2D eigenvalue weighted by Crippen LogP contribution is -1.97. The molecule has 0 bridgehead atoms. The average Bonchev–Trinajstić information content (AvgIpc) is 2.71. The zero-order chi connectivity index (χ0) is 9.10. The lowest BCUT2D eigenvalue weighted by Gasteiger charge is -1.97. The van der Waals surface area contributed by atoms with Crippen molar-refractivity contribution in [1.29, 1.82) is 0 Å². The molecule has 3 nitrogen and oxygen atoms in total. The first kappa shape index (κ1) is 8.31. The molecule has 2 aromatic heterocycles. The van der Waals surface area contributed by atoms with E-state index in [9.17, 15) is 0 Å². The molecule has 0 atom stereocenters. The van der Waals surface area contributed by atoms with Crippen molar-refractivity contribution in [3.05, 3.63) is 35.2 Å². The summed E-state index contributed by atoms with van der Waals surface area (Å²) in [7, 11) is 0. The Labute approximate surface area is 80.4 Å². The predicted octanol–water partition coefficient (Wildman–Crippen LogP) is 2.66. The van der Waals surface area contributed by atoms with Gasteiger partial charge in [0, 0.05) is 5.38 Å². The summed E-state index contributed by atoms with van der Waals surface area (Å²) >= 11 is 1.61. The van der Waals surface area contributed by atoms with Crippen LogP contribution in [0.5, 0.6) is 0 Å². The van der Waals surface area contributed by atoms with E-state index in [-0.39, 0.29) is 0 Å². The third-order valence-corrected chi connectivity index (χ3v) is 2.53. The second-order valence-corrected chi connectivity index (χ2v) is 3.59. The molecule has 1 N–H and O–H groups in total. The SMILES string of the molecule is Cc1csc(NCc2ccco2)n1. The van der Waals surface area contributed by atoms with Gasteiger partial charge in [-0.3, -0.25) is 0 Å². The van der Waals surface area contributed by atoms with Gasteiger partial charge < -0.3 is 9.73 Å². The highest BCUT2D eigenvalue weighted by Gasteiger charge is 1.98. The highest BCUT2D eigenvalue weighted by atomic mass is 32.1. The molecule has 4 heteroatoms. The summed E-state index contributed by atoms with van der Waals surface area (Å²) in [6.07, 6.45) is 1.67. The van der Waals surface area contributed by atoms with E-state index in [0.717, 1.165) is 16.6 Å². The smallest absolute Gasteiger partial charge is 0.183 e. The first-order valence-corrected chi connectivity index (χ1v) is 4.91. The average molecular weight is 194 g/mol. The highest BCUT2D eigenvalue weighted by molar-refractivity contribution is 7.13. The largest absolute Gasteiger partial charge is 0.467 e. The lowest BCUT2D eigenvalue weighted by molar-refractivity contribution is 0.518. The van der Waals surface area contributed by atoms with Gasteiger partial charge in [-0.15, -0.1) is 11.3 Å². The highest BCUT2D eigenvalue weighted by Crippen LogP contribution is 2.15. The van der Waals surface area contributed by atoms with Crippen molar-refractivity contribution in [1.82, 2.24) is 4.98 Å². The molecule has 0 radical (unpaired) electrons. The summed E-state index contributed by atoms with van der Waals surface area (Å²) in [4.78, 5) is 4.28. The predicted molar refractivity (Wildman–Crippen MR) is 52.9 cm³/mol. The second-order valence-electron chi connectivity index (χ2n) is 2.73. The van der Waals surface area contributed by atoms with E-state index in [1.807, 2.05) is 24.4 Å². The topological polar surface area (TPSA) is 38.1 Å². The van der Waals surface area contributed by atoms with Crippen molar-refractivity contribution in [2.45, 2.75) is 13.5 Å². The fourth-order valence-corrected chi connectivity index (χ4v) is 1.70. The van der Waals surface area contributed by atoms with Gasteiger partial charge in [0.2, 0.25) is 0 Å². The van der Waals surface area contributed by atoms with Gasteiger partial charge in [-0.1, -0.05) is 0 Å². The Hall–Kier alpha value is -1.29. The second kappa shape index (κ2) is 3.62. The maximum Gasteiger partial charge on any atom is 0.183 e. The van der Waals surface area contributed by atoms with E-state index in [0.29, 0.717) is 6.54 Å². The summed E-state index contributed by atoms with van der Waals surface area (Å²) < 4.78 is 5.18. The van der Waals surface area contributed by atoms with Crippen molar-refractivity contribution in [3.8, 4) is 0 Å². The van der Waals surface area contributed by atoms with Crippen LogP contribution >= 0.6 is 11.3 Å². The van der Waals surface area contributed by atoms with Gasteiger partial charge in [-0.05, 0) is 19.1 Å². The third kappa shape index (κ3) is 2.09. The van der Waals surface area contributed by atoms with Crippen LogP contribution in [0.2, 0.25) is 0 Å². The number of furan rings is 1. The molecule has 68 valence electrons. The molecule has 0 aliphatic rings. The van der Waals surface area contributed by atoms with Crippen LogP contribution in [-0.2, 0) is 6.54 Å². The molecule has 0 amide bonds. The van der Waals surface area contributed by atoms with E-state index in [1.165, 1.54) is 0 Å². The molecule has 0 aliphatic heterocycles. The number of rotatable bonds is 3. The van der Waals surface area contributed by atoms with Crippen molar-refractivity contribution >= 4 is 16.5 Å². The number of hydrogen-bond acceptors (Lipinski definition) is 4. The van der Waals surface area contributed by atoms with E-state index in [2.05, 4.69) is 10.3 Å². The fraction of sp³-hybridized carbons (Fsp3) is 0.222. The zero-order valence-corrected chi connectivity index (χ0v) is 8.10. The quantitative estimate of drug-likeness (QED) is 0.816. The van der Waals surface area contributed by atoms with Crippen molar-refractivity contribution < 1.29 is 4.42 Å². The van der Waals surface area contributed by atoms with Gasteiger partial charge in [-0.25, -0.2) is 4.98 Å². The first-order chi connectivity index (χ1) is 6.34. The van der Waals surface area contributed by atoms with Crippen molar-refractivity contribution in [3.63, 3.8) is 0 Å². The van der Waals surface area contributed by atoms with E-state index in [1.54, 1.807) is 17.6 Å². The summed E-state index contributed by atoms with van der Waals surface area (Å²) in [6.45, 7) is 2.68. The standard InChI is InChI=1S/C9H10N2OS/c1-7-6-13-9(11-7)10-5-8-3-2-4-12-8/h2-4,6H,5H2,1H3,(H,10,11). The summed E-state index contributed by atoms with van der Waals surface area (Å²) in [5.41, 5.74) is 1.05. The van der Waals surface area contributed by atoms with Crippen molar-refractivity contribution in [2.75, 3.05) is 5.32 Å². The first-order valence-electron chi connectivity index (χ1n) is 4.03. The number of thiazole rings is 1. The maximum absolute atomic E-state index is 5.18. The number of hydrogen-bond donors (Lipinski definition) is 1. The van der Waals surface area contributed by atoms with Crippen LogP contribution in [0.3, 0.4) is 0 Å². The Kier molecular flexibility index (Phi) is 2.31. The minimum absolute atomic E-state index is 0.694. The van der Waals surface area contributed by atoms with Gasteiger partial charge in [0.25, 0.3) is 0 Å². The van der Waals surface area contributed by atoms with Gasteiger partial charge in [-0.2, -0.15) is 0 Å². The number of aryl methyl sites for hydroxylation is 1. The normalized spacial score (nSPS) is 10.2. The molecular formula is C9H10N2OS. The van der Waals surface area contributed by atoms with Crippen LogP contribution < -0.4 is 5.32 Å². The summed E-state index contributed by atoms with van der Waals surface area (Å²) in [5, 5.41) is 6.14. The Morgan fingerprint density at radius 2 is 2.54 bits per heavy atom. The molecule has 13 heavy (non-hydrogen) atoms. The molecule has 0 spiro atoms. The monoisotopic (exact) mass is 194 g/mol. The maximum atomic E-state index is 5.18. The molecule has 0 fully saturated rings. The number of aromatic nitrogens is 1. The molecule has 0 saturated heterocycles. The van der Waals surface area contributed by atoms with E-state index >= 15 is 0 Å².